The van der Waals surface area contributed by atoms with Gasteiger partial charge in [0.25, 0.3) is 5.91 Å². The van der Waals surface area contributed by atoms with Gasteiger partial charge in [-0.25, -0.2) is 0 Å². The summed E-state index contributed by atoms with van der Waals surface area (Å²) in [6.07, 6.45) is 1.50. The Labute approximate surface area is 164 Å². The molecule has 1 aromatic heterocycles. The molecule has 2 amide bonds. The molecule has 1 aliphatic heterocycles. The van der Waals surface area contributed by atoms with Crippen LogP contribution in [-0.4, -0.2) is 53.5 Å². The van der Waals surface area contributed by atoms with E-state index < -0.39 is 0 Å². The topological polar surface area (TPSA) is 53.8 Å². The summed E-state index contributed by atoms with van der Waals surface area (Å²) in [5.41, 5.74) is 1.42. The van der Waals surface area contributed by atoms with Crippen molar-refractivity contribution in [1.82, 2.24) is 9.80 Å². The Bertz CT molecular complexity index is 771. The van der Waals surface area contributed by atoms with Crippen LogP contribution in [0.1, 0.15) is 36.9 Å². The van der Waals surface area contributed by atoms with Gasteiger partial charge in [0.1, 0.15) is 0 Å². The van der Waals surface area contributed by atoms with Crippen LogP contribution in [0.15, 0.2) is 52.0 Å². The van der Waals surface area contributed by atoms with E-state index in [2.05, 4.69) is 45.0 Å². The molecule has 1 saturated heterocycles. The SMILES string of the molecule is CC(C)(C)c1ccc(SCC(=O)N2CCN(C(=O)c3ccco3)CC2)cc1. The van der Waals surface area contributed by atoms with E-state index in [0.29, 0.717) is 37.7 Å². The monoisotopic (exact) mass is 386 g/mol. The van der Waals surface area contributed by atoms with Crippen LogP contribution in [0.25, 0.3) is 0 Å². The van der Waals surface area contributed by atoms with Crippen LogP contribution in [-0.2, 0) is 10.2 Å². The highest BCUT2D eigenvalue weighted by Gasteiger charge is 2.26. The Morgan fingerprint density at radius 1 is 1.00 bits per heavy atom. The molecule has 0 radical (unpaired) electrons. The number of furan rings is 1. The maximum Gasteiger partial charge on any atom is 0.289 e. The van der Waals surface area contributed by atoms with Crippen molar-refractivity contribution in [3.63, 3.8) is 0 Å². The fourth-order valence-electron chi connectivity index (χ4n) is 3.00. The van der Waals surface area contributed by atoms with Gasteiger partial charge < -0.3 is 14.2 Å². The van der Waals surface area contributed by atoms with Gasteiger partial charge in [-0.3, -0.25) is 9.59 Å². The van der Waals surface area contributed by atoms with Crippen LogP contribution in [0.3, 0.4) is 0 Å². The molecule has 1 fully saturated rings. The summed E-state index contributed by atoms with van der Waals surface area (Å²) >= 11 is 1.56. The molecule has 1 aliphatic rings. The van der Waals surface area contributed by atoms with Crippen molar-refractivity contribution in [2.24, 2.45) is 0 Å². The molecule has 0 unspecified atom stereocenters. The summed E-state index contributed by atoms with van der Waals surface area (Å²) in [5.74, 6) is 0.774. The minimum Gasteiger partial charge on any atom is -0.459 e. The number of carbonyl (C=O) groups excluding carboxylic acids is 2. The number of hydrogen-bond donors (Lipinski definition) is 0. The van der Waals surface area contributed by atoms with Crippen molar-refractivity contribution >= 4 is 23.6 Å². The highest BCUT2D eigenvalue weighted by molar-refractivity contribution is 8.00. The largest absolute Gasteiger partial charge is 0.459 e. The Morgan fingerprint density at radius 3 is 2.19 bits per heavy atom. The number of carbonyl (C=O) groups is 2. The highest BCUT2D eigenvalue weighted by Crippen LogP contribution is 2.26. The van der Waals surface area contributed by atoms with Gasteiger partial charge in [-0.2, -0.15) is 0 Å². The smallest absolute Gasteiger partial charge is 0.289 e. The van der Waals surface area contributed by atoms with Gasteiger partial charge in [0, 0.05) is 31.1 Å². The van der Waals surface area contributed by atoms with Crippen LogP contribution in [0.4, 0.5) is 0 Å². The molecule has 0 aliphatic carbocycles. The molecule has 0 saturated carbocycles. The Kier molecular flexibility index (Phi) is 5.95. The predicted molar refractivity (Wildman–Crippen MR) is 107 cm³/mol. The summed E-state index contributed by atoms with van der Waals surface area (Å²) in [7, 11) is 0. The fourth-order valence-corrected chi connectivity index (χ4v) is 3.80. The molecule has 5 nitrogen and oxygen atoms in total. The quantitative estimate of drug-likeness (QED) is 0.753. The second-order valence-electron chi connectivity index (χ2n) is 7.71. The fraction of sp³-hybridized carbons (Fsp3) is 0.429. The number of piperazine rings is 1. The molecule has 0 atom stereocenters. The van der Waals surface area contributed by atoms with Gasteiger partial charge in [-0.05, 0) is 35.2 Å². The van der Waals surface area contributed by atoms with Crippen LogP contribution in [0, 0.1) is 0 Å². The first kappa shape index (κ1) is 19.5. The van der Waals surface area contributed by atoms with E-state index in [1.807, 2.05) is 4.90 Å². The summed E-state index contributed by atoms with van der Waals surface area (Å²) in [4.78, 5) is 29.4. The molecule has 144 valence electrons. The Balaban J connectivity index is 1.46. The van der Waals surface area contributed by atoms with E-state index in [-0.39, 0.29) is 17.2 Å². The number of rotatable bonds is 4. The first-order valence-corrected chi connectivity index (χ1v) is 10.2. The van der Waals surface area contributed by atoms with Crippen molar-refractivity contribution in [3.8, 4) is 0 Å². The number of nitrogens with zero attached hydrogens (tertiary/aromatic N) is 2. The summed E-state index contributed by atoms with van der Waals surface area (Å²) in [6.45, 7) is 8.77. The van der Waals surface area contributed by atoms with Crippen LogP contribution < -0.4 is 0 Å². The molecule has 2 aromatic rings. The zero-order valence-corrected chi connectivity index (χ0v) is 16.9. The van der Waals surface area contributed by atoms with Gasteiger partial charge >= 0.3 is 0 Å². The second kappa shape index (κ2) is 8.21. The highest BCUT2D eigenvalue weighted by atomic mass is 32.2. The lowest BCUT2D eigenvalue weighted by Crippen LogP contribution is -2.51. The lowest BCUT2D eigenvalue weighted by molar-refractivity contribution is -0.129. The third kappa shape index (κ3) is 4.95. The third-order valence-electron chi connectivity index (χ3n) is 4.73. The molecule has 6 heteroatoms. The van der Waals surface area contributed by atoms with Gasteiger partial charge in [0.15, 0.2) is 5.76 Å². The standard InChI is InChI=1S/C21H26N2O3S/c1-21(2,3)16-6-8-17(9-7-16)27-15-19(24)22-10-12-23(13-11-22)20(25)18-5-4-14-26-18/h4-9,14H,10-13,15H2,1-3H3. The maximum atomic E-state index is 12.5. The van der Waals surface area contributed by atoms with E-state index in [1.54, 1.807) is 28.8 Å². The van der Waals surface area contributed by atoms with Crippen molar-refractivity contribution < 1.29 is 14.0 Å². The number of amides is 2. The van der Waals surface area contributed by atoms with Crippen molar-refractivity contribution in [1.29, 1.82) is 0 Å². The van der Waals surface area contributed by atoms with E-state index in [4.69, 9.17) is 4.42 Å². The third-order valence-corrected chi connectivity index (χ3v) is 5.73. The first-order valence-electron chi connectivity index (χ1n) is 9.18. The second-order valence-corrected chi connectivity index (χ2v) is 8.76. The molecule has 0 bridgehead atoms. The molecule has 0 N–H and O–H groups in total. The Morgan fingerprint density at radius 2 is 1.63 bits per heavy atom. The number of benzene rings is 1. The van der Waals surface area contributed by atoms with Crippen molar-refractivity contribution in [2.75, 3.05) is 31.9 Å². The van der Waals surface area contributed by atoms with Gasteiger partial charge in [0.05, 0.1) is 12.0 Å². The predicted octanol–water partition coefficient (Wildman–Crippen LogP) is 3.65. The van der Waals surface area contributed by atoms with Gasteiger partial charge in [-0.15, -0.1) is 11.8 Å². The lowest BCUT2D eigenvalue weighted by atomic mass is 9.87. The van der Waals surface area contributed by atoms with Crippen LogP contribution >= 0.6 is 11.8 Å². The van der Waals surface area contributed by atoms with Crippen LogP contribution in [0.2, 0.25) is 0 Å². The van der Waals surface area contributed by atoms with E-state index in [9.17, 15) is 9.59 Å². The Hall–Kier alpha value is -2.21. The summed E-state index contributed by atoms with van der Waals surface area (Å²) < 4.78 is 5.16. The van der Waals surface area contributed by atoms with E-state index >= 15 is 0 Å². The minimum absolute atomic E-state index is 0.111. The normalized spacial score (nSPS) is 15.1. The lowest BCUT2D eigenvalue weighted by Gasteiger charge is -2.34. The molecule has 1 aromatic carbocycles. The minimum atomic E-state index is -0.111. The molecular formula is C21H26N2O3S. The van der Waals surface area contributed by atoms with Gasteiger partial charge in [0.2, 0.25) is 5.91 Å². The molecule has 3 rings (SSSR count). The van der Waals surface area contributed by atoms with Crippen LogP contribution in [0.5, 0.6) is 0 Å². The van der Waals surface area contributed by atoms with E-state index in [1.165, 1.54) is 11.8 Å². The molecule has 27 heavy (non-hydrogen) atoms. The summed E-state index contributed by atoms with van der Waals surface area (Å²) in [6, 6.07) is 11.8. The van der Waals surface area contributed by atoms with Gasteiger partial charge in [-0.1, -0.05) is 32.9 Å². The average Bonchev–Trinajstić information content (AvgIpc) is 3.20. The molecule has 2 heterocycles. The average molecular weight is 387 g/mol. The van der Waals surface area contributed by atoms with E-state index in [0.717, 1.165) is 4.90 Å². The van der Waals surface area contributed by atoms with Crippen molar-refractivity contribution in [3.05, 3.63) is 54.0 Å². The first-order chi connectivity index (χ1) is 12.8. The van der Waals surface area contributed by atoms with Crippen molar-refractivity contribution in [2.45, 2.75) is 31.1 Å². The molecule has 0 spiro atoms. The zero-order valence-electron chi connectivity index (χ0n) is 16.1. The molecular weight excluding hydrogens is 360 g/mol. The number of thioether (sulfide) groups is 1. The zero-order chi connectivity index (χ0) is 19.4. The number of hydrogen-bond acceptors (Lipinski definition) is 4. The summed E-state index contributed by atoms with van der Waals surface area (Å²) in [5, 5.41) is 0. The maximum absolute atomic E-state index is 12.5.